The van der Waals surface area contributed by atoms with E-state index in [1.54, 1.807) is 0 Å². The van der Waals surface area contributed by atoms with Crippen molar-refractivity contribution in [1.29, 1.82) is 0 Å². The van der Waals surface area contributed by atoms with Crippen molar-refractivity contribution in [2.45, 2.75) is 33.7 Å². The average molecular weight is 127 g/mol. The Balaban J connectivity index is 3.50. The zero-order chi connectivity index (χ0) is 7.44. The quantitative estimate of drug-likeness (QED) is 0.612. The first-order valence-electron chi connectivity index (χ1n) is 3.46. The van der Waals surface area contributed by atoms with Gasteiger partial charge in [0.2, 0.25) is 0 Å². The van der Waals surface area contributed by atoms with Crippen LogP contribution in [0, 0.1) is 5.92 Å². The lowest BCUT2D eigenvalue weighted by Gasteiger charge is -2.17. The molecule has 0 heterocycles. The molecule has 0 aromatic heterocycles. The van der Waals surface area contributed by atoms with E-state index in [1.807, 2.05) is 6.92 Å². The Bertz CT molecular complexity index is 94.7. The average Bonchev–Trinajstić information content (AvgIpc) is 1.63. The number of hydrogen-bond acceptors (Lipinski definition) is 1. The Morgan fingerprint density at radius 2 is 1.78 bits per heavy atom. The highest BCUT2D eigenvalue weighted by molar-refractivity contribution is 4.87. The van der Waals surface area contributed by atoms with Gasteiger partial charge < -0.3 is 5.32 Å². The highest BCUT2D eigenvalue weighted by atomic mass is 14.9. The van der Waals surface area contributed by atoms with Crippen LogP contribution in [-0.2, 0) is 0 Å². The molecule has 1 unspecified atom stereocenters. The lowest BCUT2D eigenvalue weighted by molar-refractivity contribution is 0.462. The molecule has 0 amide bonds. The minimum absolute atomic E-state index is 0.544. The van der Waals surface area contributed by atoms with E-state index in [9.17, 15) is 0 Å². The first kappa shape index (κ1) is 8.54. The van der Waals surface area contributed by atoms with Gasteiger partial charge in [-0.15, -0.1) is 0 Å². The molecule has 0 aliphatic carbocycles. The standard InChI is InChI=1S/C8H17N/c1-6(2)8(5)9-7(3)4/h6,8-9H,3H2,1-2,4-5H3. The van der Waals surface area contributed by atoms with Crippen LogP contribution in [0.15, 0.2) is 12.3 Å². The molecular weight excluding hydrogens is 110 g/mol. The monoisotopic (exact) mass is 127 g/mol. The van der Waals surface area contributed by atoms with Gasteiger partial charge in [0.25, 0.3) is 0 Å². The molecule has 0 aliphatic rings. The van der Waals surface area contributed by atoms with Gasteiger partial charge in [-0.2, -0.15) is 0 Å². The number of rotatable bonds is 3. The van der Waals surface area contributed by atoms with Gasteiger partial charge in [-0.3, -0.25) is 0 Å². The molecule has 0 fully saturated rings. The van der Waals surface area contributed by atoms with Crippen LogP contribution in [-0.4, -0.2) is 6.04 Å². The second kappa shape index (κ2) is 3.54. The van der Waals surface area contributed by atoms with Gasteiger partial charge in [0, 0.05) is 11.7 Å². The molecule has 9 heavy (non-hydrogen) atoms. The number of nitrogens with one attached hydrogen (secondary N) is 1. The van der Waals surface area contributed by atoms with Gasteiger partial charge >= 0.3 is 0 Å². The maximum atomic E-state index is 3.77. The molecule has 54 valence electrons. The van der Waals surface area contributed by atoms with E-state index in [0.29, 0.717) is 12.0 Å². The van der Waals surface area contributed by atoms with Crippen molar-refractivity contribution >= 4 is 0 Å². The smallest absolute Gasteiger partial charge is 0.0252 e. The van der Waals surface area contributed by atoms with Crippen LogP contribution in [0.3, 0.4) is 0 Å². The maximum absolute atomic E-state index is 3.77. The maximum Gasteiger partial charge on any atom is 0.0252 e. The summed E-state index contributed by atoms with van der Waals surface area (Å²) in [6.45, 7) is 12.3. The molecule has 0 radical (unpaired) electrons. The van der Waals surface area contributed by atoms with Crippen molar-refractivity contribution < 1.29 is 0 Å². The summed E-state index contributed by atoms with van der Waals surface area (Å²) in [6.07, 6.45) is 0. The van der Waals surface area contributed by atoms with Crippen LogP contribution >= 0.6 is 0 Å². The van der Waals surface area contributed by atoms with Gasteiger partial charge in [-0.05, 0) is 19.8 Å². The minimum Gasteiger partial charge on any atom is -0.386 e. The topological polar surface area (TPSA) is 12.0 Å². The molecule has 0 bridgehead atoms. The van der Waals surface area contributed by atoms with Crippen LogP contribution in [0.2, 0.25) is 0 Å². The molecule has 0 aromatic carbocycles. The summed E-state index contributed by atoms with van der Waals surface area (Å²) in [5, 5.41) is 3.25. The Kier molecular flexibility index (Phi) is 3.36. The molecule has 1 atom stereocenters. The van der Waals surface area contributed by atoms with Crippen LogP contribution in [0.25, 0.3) is 0 Å². The van der Waals surface area contributed by atoms with Crippen molar-refractivity contribution in [1.82, 2.24) is 5.32 Å². The van der Waals surface area contributed by atoms with Crippen molar-refractivity contribution in [3.05, 3.63) is 12.3 Å². The Morgan fingerprint density at radius 1 is 1.33 bits per heavy atom. The van der Waals surface area contributed by atoms with E-state index in [1.165, 1.54) is 0 Å². The van der Waals surface area contributed by atoms with Crippen molar-refractivity contribution in [3.63, 3.8) is 0 Å². The van der Waals surface area contributed by atoms with Crippen LogP contribution in [0.4, 0.5) is 0 Å². The summed E-state index contributed by atoms with van der Waals surface area (Å²) in [7, 11) is 0. The summed E-state index contributed by atoms with van der Waals surface area (Å²) in [5.41, 5.74) is 1.05. The first-order chi connectivity index (χ1) is 4.04. The van der Waals surface area contributed by atoms with Crippen LogP contribution in [0.1, 0.15) is 27.7 Å². The molecule has 0 rings (SSSR count). The molecule has 0 saturated carbocycles. The lowest BCUT2D eigenvalue weighted by atomic mass is 10.1. The van der Waals surface area contributed by atoms with Gasteiger partial charge in [0.1, 0.15) is 0 Å². The molecule has 0 saturated heterocycles. The summed E-state index contributed by atoms with van der Waals surface area (Å²) in [5.74, 6) is 0.682. The van der Waals surface area contributed by atoms with E-state index >= 15 is 0 Å². The summed E-state index contributed by atoms with van der Waals surface area (Å²) in [6, 6.07) is 0.544. The Morgan fingerprint density at radius 3 is 1.89 bits per heavy atom. The third kappa shape index (κ3) is 4.07. The highest BCUT2D eigenvalue weighted by Gasteiger charge is 2.03. The summed E-state index contributed by atoms with van der Waals surface area (Å²) >= 11 is 0. The van der Waals surface area contributed by atoms with Gasteiger partial charge in [0.15, 0.2) is 0 Å². The van der Waals surface area contributed by atoms with Crippen molar-refractivity contribution in [3.8, 4) is 0 Å². The normalized spacial score (nSPS) is 13.4. The fraction of sp³-hybridized carbons (Fsp3) is 0.750. The third-order valence-corrected chi connectivity index (χ3v) is 1.47. The first-order valence-corrected chi connectivity index (χ1v) is 3.46. The third-order valence-electron chi connectivity index (χ3n) is 1.47. The summed E-state index contributed by atoms with van der Waals surface area (Å²) in [4.78, 5) is 0. The fourth-order valence-electron chi connectivity index (χ4n) is 0.555. The van der Waals surface area contributed by atoms with Gasteiger partial charge in [-0.1, -0.05) is 20.4 Å². The zero-order valence-electron chi connectivity index (χ0n) is 6.86. The number of allylic oxidation sites excluding steroid dienone is 1. The molecule has 1 N–H and O–H groups in total. The zero-order valence-corrected chi connectivity index (χ0v) is 6.86. The van der Waals surface area contributed by atoms with Crippen LogP contribution < -0.4 is 5.32 Å². The second-order valence-electron chi connectivity index (χ2n) is 2.96. The van der Waals surface area contributed by atoms with Gasteiger partial charge in [0.05, 0.1) is 0 Å². The summed E-state index contributed by atoms with van der Waals surface area (Å²) < 4.78 is 0. The molecule has 1 heteroatoms. The molecule has 0 aromatic rings. The SMILES string of the molecule is C=C(C)NC(C)C(C)C. The Labute approximate surface area is 58.2 Å². The van der Waals surface area contributed by atoms with Crippen molar-refractivity contribution in [2.75, 3.05) is 0 Å². The highest BCUT2D eigenvalue weighted by Crippen LogP contribution is 2.00. The molecule has 1 nitrogen and oxygen atoms in total. The van der Waals surface area contributed by atoms with Crippen LogP contribution in [0.5, 0.6) is 0 Å². The minimum atomic E-state index is 0.544. The Hall–Kier alpha value is -0.460. The van der Waals surface area contributed by atoms with Gasteiger partial charge in [-0.25, -0.2) is 0 Å². The van der Waals surface area contributed by atoms with E-state index in [0.717, 1.165) is 5.70 Å². The lowest BCUT2D eigenvalue weighted by Crippen LogP contribution is -2.28. The van der Waals surface area contributed by atoms with E-state index in [2.05, 4.69) is 32.7 Å². The molecule has 0 aliphatic heterocycles. The van der Waals surface area contributed by atoms with Crippen molar-refractivity contribution in [2.24, 2.45) is 5.92 Å². The molecule has 0 spiro atoms. The number of hydrogen-bond donors (Lipinski definition) is 1. The predicted molar refractivity (Wildman–Crippen MR) is 42.2 cm³/mol. The van der Waals surface area contributed by atoms with E-state index < -0.39 is 0 Å². The predicted octanol–water partition coefficient (Wildman–Crippen LogP) is 2.15. The largest absolute Gasteiger partial charge is 0.386 e. The van der Waals surface area contributed by atoms with E-state index in [4.69, 9.17) is 0 Å². The molecular formula is C8H17N. The second-order valence-corrected chi connectivity index (χ2v) is 2.96. The fourth-order valence-corrected chi connectivity index (χ4v) is 0.555. The van der Waals surface area contributed by atoms with E-state index in [-0.39, 0.29) is 0 Å².